The van der Waals surface area contributed by atoms with E-state index >= 15 is 0 Å². The van der Waals surface area contributed by atoms with Gasteiger partial charge in [0, 0.05) is 24.5 Å². The van der Waals surface area contributed by atoms with Crippen molar-refractivity contribution in [1.29, 1.82) is 0 Å². The molecule has 19 heavy (non-hydrogen) atoms. The Morgan fingerprint density at radius 3 is 1.89 bits per heavy atom. The summed E-state index contributed by atoms with van der Waals surface area (Å²) in [5.74, 6) is 0. The van der Waals surface area contributed by atoms with Crippen LogP contribution in [0.2, 0.25) is 0 Å². The summed E-state index contributed by atoms with van der Waals surface area (Å²) in [5.41, 5.74) is 10.6. The Bertz CT molecular complexity index is 522. The lowest BCUT2D eigenvalue weighted by atomic mass is 10.0. The zero-order chi connectivity index (χ0) is 13.1. The van der Waals surface area contributed by atoms with Gasteiger partial charge in [-0.2, -0.15) is 0 Å². The van der Waals surface area contributed by atoms with Crippen molar-refractivity contribution in [2.75, 3.05) is 23.7 Å². The van der Waals surface area contributed by atoms with E-state index in [0.29, 0.717) is 0 Å². The van der Waals surface area contributed by atoms with E-state index in [1.807, 2.05) is 12.1 Å². The summed E-state index contributed by atoms with van der Waals surface area (Å²) >= 11 is 0. The smallest absolute Gasteiger partial charge is 0.0366 e. The molecule has 0 aromatic heterocycles. The number of anilines is 2. The molecule has 0 spiro atoms. The summed E-state index contributed by atoms with van der Waals surface area (Å²) in [7, 11) is 0. The number of nitrogen functional groups attached to an aromatic ring is 1. The molecule has 1 aliphatic heterocycles. The first-order valence-electron chi connectivity index (χ1n) is 6.99. The van der Waals surface area contributed by atoms with Gasteiger partial charge in [0.15, 0.2) is 0 Å². The van der Waals surface area contributed by atoms with Gasteiger partial charge in [-0.25, -0.2) is 0 Å². The highest BCUT2D eigenvalue weighted by molar-refractivity contribution is 5.49. The lowest BCUT2D eigenvalue weighted by molar-refractivity contribution is 0.949. The van der Waals surface area contributed by atoms with E-state index in [2.05, 4.69) is 41.3 Å². The fourth-order valence-electron chi connectivity index (χ4n) is 2.67. The molecule has 0 atom stereocenters. The molecule has 0 bridgehead atoms. The second-order valence-electron chi connectivity index (χ2n) is 5.28. The predicted molar refractivity (Wildman–Crippen MR) is 81.5 cm³/mol. The van der Waals surface area contributed by atoms with Crippen LogP contribution in [0.5, 0.6) is 0 Å². The van der Waals surface area contributed by atoms with Crippen LogP contribution >= 0.6 is 0 Å². The second-order valence-corrected chi connectivity index (χ2v) is 5.28. The molecule has 2 nitrogen and oxygen atoms in total. The largest absolute Gasteiger partial charge is 0.399 e. The van der Waals surface area contributed by atoms with Crippen LogP contribution in [0.4, 0.5) is 11.4 Å². The van der Waals surface area contributed by atoms with Crippen LogP contribution in [0.1, 0.15) is 24.0 Å². The van der Waals surface area contributed by atoms with Crippen molar-refractivity contribution in [2.45, 2.75) is 19.3 Å². The molecule has 0 aliphatic carbocycles. The Hall–Kier alpha value is -1.96. The van der Waals surface area contributed by atoms with Crippen LogP contribution in [-0.2, 0) is 6.42 Å². The molecule has 1 aliphatic rings. The van der Waals surface area contributed by atoms with Gasteiger partial charge in [0.1, 0.15) is 0 Å². The van der Waals surface area contributed by atoms with E-state index in [9.17, 15) is 0 Å². The quantitative estimate of drug-likeness (QED) is 0.848. The predicted octanol–water partition coefficient (Wildman–Crippen LogP) is 3.46. The SMILES string of the molecule is Nc1ccc(Cc2ccc(N3CCCC3)cc2)cc1. The third-order valence-corrected chi connectivity index (χ3v) is 3.80. The third-order valence-electron chi connectivity index (χ3n) is 3.80. The average Bonchev–Trinajstić information content (AvgIpc) is 2.96. The fraction of sp³-hybridized carbons (Fsp3) is 0.294. The molecule has 0 amide bonds. The molecule has 0 saturated carbocycles. The minimum absolute atomic E-state index is 0.827. The number of rotatable bonds is 3. The van der Waals surface area contributed by atoms with Crippen molar-refractivity contribution in [2.24, 2.45) is 0 Å². The van der Waals surface area contributed by atoms with Crippen LogP contribution in [0.25, 0.3) is 0 Å². The molecule has 2 N–H and O–H groups in total. The Morgan fingerprint density at radius 1 is 0.789 bits per heavy atom. The lowest BCUT2D eigenvalue weighted by Crippen LogP contribution is -2.17. The van der Waals surface area contributed by atoms with Crippen molar-refractivity contribution in [3.63, 3.8) is 0 Å². The molecular weight excluding hydrogens is 232 g/mol. The zero-order valence-electron chi connectivity index (χ0n) is 11.2. The van der Waals surface area contributed by atoms with Crippen molar-refractivity contribution in [1.82, 2.24) is 0 Å². The Balaban J connectivity index is 1.70. The maximum atomic E-state index is 5.70. The van der Waals surface area contributed by atoms with Crippen molar-refractivity contribution in [3.8, 4) is 0 Å². The normalized spacial score (nSPS) is 14.8. The van der Waals surface area contributed by atoms with Crippen LogP contribution in [-0.4, -0.2) is 13.1 Å². The highest BCUT2D eigenvalue weighted by Gasteiger charge is 2.11. The zero-order valence-corrected chi connectivity index (χ0v) is 11.2. The van der Waals surface area contributed by atoms with Crippen LogP contribution < -0.4 is 10.6 Å². The van der Waals surface area contributed by atoms with E-state index in [1.54, 1.807) is 0 Å². The first-order valence-corrected chi connectivity index (χ1v) is 6.99. The third kappa shape index (κ3) is 2.90. The molecule has 3 rings (SSSR count). The maximum Gasteiger partial charge on any atom is 0.0366 e. The Morgan fingerprint density at radius 2 is 1.32 bits per heavy atom. The first-order chi connectivity index (χ1) is 9.31. The van der Waals surface area contributed by atoms with E-state index in [4.69, 9.17) is 5.73 Å². The van der Waals surface area contributed by atoms with Gasteiger partial charge in [0.05, 0.1) is 0 Å². The highest BCUT2D eigenvalue weighted by Crippen LogP contribution is 2.21. The summed E-state index contributed by atoms with van der Waals surface area (Å²) in [6.07, 6.45) is 3.63. The second kappa shape index (κ2) is 5.35. The number of hydrogen-bond acceptors (Lipinski definition) is 2. The highest BCUT2D eigenvalue weighted by atomic mass is 15.1. The van der Waals surface area contributed by atoms with Gasteiger partial charge in [-0.05, 0) is 54.7 Å². The van der Waals surface area contributed by atoms with E-state index in [1.165, 1.54) is 42.7 Å². The van der Waals surface area contributed by atoms with Crippen LogP contribution in [0, 0.1) is 0 Å². The van der Waals surface area contributed by atoms with Gasteiger partial charge in [-0.1, -0.05) is 24.3 Å². The number of nitrogens with zero attached hydrogens (tertiary/aromatic N) is 1. The van der Waals surface area contributed by atoms with Crippen LogP contribution in [0.15, 0.2) is 48.5 Å². The molecule has 1 heterocycles. The van der Waals surface area contributed by atoms with Crippen molar-refractivity contribution < 1.29 is 0 Å². The minimum Gasteiger partial charge on any atom is -0.399 e. The molecule has 2 heteroatoms. The van der Waals surface area contributed by atoms with Gasteiger partial charge in [0.2, 0.25) is 0 Å². The standard InChI is InChI=1S/C17H20N2/c18-16-7-3-14(4-8-16)13-15-5-9-17(10-6-15)19-11-1-2-12-19/h3-10H,1-2,11-13,18H2. The summed E-state index contributed by atoms with van der Waals surface area (Å²) in [4.78, 5) is 2.47. The van der Waals surface area contributed by atoms with E-state index < -0.39 is 0 Å². The summed E-state index contributed by atoms with van der Waals surface area (Å²) < 4.78 is 0. The maximum absolute atomic E-state index is 5.70. The molecule has 0 unspecified atom stereocenters. The van der Waals surface area contributed by atoms with Gasteiger partial charge in [-0.15, -0.1) is 0 Å². The van der Waals surface area contributed by atoms with Crippen molar-refractivity contribution in [3.05, 3.63) is 59.7 Å². The molecule has 2 aromatic rings. The molecule has 0 radical (unpaired) electrons. The molecule has 1 saturated heterocycles. The first kappa shape index (κ1) is 12.1. The van der Waals surface area contributed by atoms with Gasteiger partial charge < -0.3 is 10.6 Å². The van der Waals surface area contributed by atoms with Gasteiger partial charge in [-0.3, -0.25) is 0 Å². The Labute approximate surface area is 114 Å². The number of nitrogens with two attached hydrogens (primary N) is 1. The lowest BCUT2D eigenvalue weighted by Gasteiger charge is -2.17. The van der Waals surface area contributed by atoms with Gasteiger partial charge in [0.25, 0.3) is 0 Å². The average molecular weight is 252 g/mol. The topological polar surface area (TPSA) is 29.3 Å². The number of benzene rings is 2. The molecule has 2 aromatic carbocycles. The summed E-state index contributed by atoms with van der Waals surface area (Å²) in [5, 5.41) is 0. The molecule has 1 fully saturated rings. The van der Waals surface area contributed by atoms with Gasteiger partial charge >= 0.3 is 0 Å². The molecular formula is C17H20N2. The molecule has 98 valence electrons. The van der Waals surface area contributed by atoms with E-state index in [0.717, 1.165) is 12.1 Å². The Kier molecular flexibility index (Phi) is 3.41. The summed E-state index contributed by atoms with van der Waals surface area (Å²) in [6, 6.07) is 17.1. The number of hydrogen-bond donors (Lipinski definition) is 1. The summed E-state index contributed by atoms with van der Waals surface area (Å²) in [6.45, 7) is 2.41. The minimum atomic E-state index is 0.827. The van der Waals surface area contributed by atoms with E-state index in [-0.39, 0.29) is 0 Å². The fourth-order valence-corrected chi connectivity index (χ4v) is 2.67. The monoisotopic (exact) mass is 252 g/mol. The van der Waals surface area contributed by atoms with Crippen LogP contribution in [0.3, 0.4) is 0 Å². The van der Waals surface area contributed by atoms with Crippen molar-refractivity contribution >= 4 is 11.4 Å².